The minimum atomic E-state index is 0.131. The molecule has 0 aliphatic carbocycles. The van der Waals surface area contributed by atoms with Crippen LogP contribution in [0.3, 0.4) is 0 Å². The van der Waals surface area contributed by atoms with E-state index < -0.39 is 0 Å². The molecule has 0 aromatic carbocycles. The second-order valence-corrected chi connectivity index (χ2v) is 3.71. The molecule has 0 amide bonds. The van der Waals surface area contributed by atoms with Crippen LogP contribution in [0.2, 0.25) is 0 Å². The van der Waals surface area contributed by atoms with Crippen LogP contribution < -0.4 is 5.32 Å². The number of rotatable bonds is 6. The quantitative estimate of drug-likeness (QED) is 0.601. The van der Waals surface area contributed by atoms with Gasteiger partial charge in [0.2, 0.25) is 5.82 Å². The SMILES string of the molecule is C=CCNCC(C)n1nnc(-c2ccco2)n1. The lowest BCUT2D eigenvalue weighted by molar-refractivity contribution is 0.407. The number of hydrogen-bond donors (Lipinski definition) is 1. The van der Waals surface area contributed by atoms with E-state index in [0.29, 0.717) is 11.6 Å². The van der Waals surface area contributed by atoms with E-state index in [1.165, 1.54) is 0 Å². The molecule has 1 unspecified atom stereocenters. The summed E-state index contributed by atoms with van der Waals surface area (Å²) in [7, 11) is 0. The van der Waals surface area contributed by atoms with Crippen molar-refractivity contribution in [3.63, 3.8) is 0 Å². The van der Waals surface area contributed by atoms with E-state index >= 15 is 0 Å². The number of tetrazole rings is 1. The Bertz CT molecular complexity index is 462. The van der Waals surface area contributed by atoms with E-state index in [1.54, 1.807) is 17.1 Å². The molecule has 1 atom stereocenters. The van der Waals surface area contributed by atoms with Gasteiger partial charge in [0.1, 0.15) is 0 Å². The van der Waals surface area contributed by atoms with Crippen LogP contribution in [0.4, 0.5) is 0 Å². The van der Waals surface area contributed by atoms with Gasteiger partial charge >= 0.3 is 0 Å². The van der Waals surface area contributed by atoms with Crippen LogP contribution in [0.25, 0.3) is 11.6 Å². The molecule has 6 nitrogen and oxygen atoms in total. The maximum absolute atomic E-state index is 5.20. The lowest BCUT2D eigenvalue weighted by Crippen LogP contribution is -2.25. The highest BCUT2D eigenvalue weighted by molar-refractivity contribution is 5.43. The fourth-order valence-corrected chi connectivity index (χ4v) is 1.39. The third kappa shape index (κ3) is 2.79. The zero-order valence-corrected chi connectivity index (χ0v) is 9.71. The number of aromatic nitrogens is 4. The molecule has 0 spiro atoms. The summed E-state index contributed by atoms with van der Waals surface area (Å²) in [6.45, 7) is 7.19. The van der Waals surface area contributed by atoms with Crippen molar-refractivity contribution in [1.82, 2.24) is 25.5 Å². The van der Waals surface area contributed by atoms with Crippen molar-refractivity contribution >= 4 is 0 Å². The van der Waals surface area contributed by atoms with Crippen molar-refractivity contribution in [3.8, 4) is 11.6 Å². The van der Waals surface area contributed by atoms with E-state index in [2.05, 4.69) is 27.3 Å². The van der Waals surface area contributed by atoms with Crippen molar-refractivity contribution in [2.75, 3.05) is 13.1 Å². The Morgan fingerprint density at radius 1 is 1.65 bits per heavy atom. The van der Waals surface area contributed by atoms with Crippen LogP contribution in [-0.4, -0.2) is 33.3 Å². The van der Waals surface area contributed by atoms with Gasteiger partial charge in [0.15, 0.2) is 5.76 Å². The van der Waals surface area contributed by atoms with Gasteiger partial charge in [0, 0.05) is 13.1 Å². The van der Waals surface area contributed by atoms with Crippen LogP contribution in [0.1, 0.15) is 13.0 Å². The van der Waals surface area contributed by atoms with Crippen molar-refractivity contribution in [2.24, 2.45) is 0 Å². The first-order chi connectivity index (χ1) is 8.31. The Labute approximate surface area is 99.3 Å². The van der Waals surface area contributed by atoms with Crippen molar-refractivity contribution in [1.29, 1.82) is 0 Å². The molecule has 0 aliphatic heterocycles. The second kappa shape index (κ2) is 5.40. The minimum Gasteiger partial charge on any atom is -0.461 e. The molecule has 0 saturated carbocycles. The summed E-state index contributed by atoms with van der Waals surface area (Å²) >= 11 is 0. The van der Waals surface area contributed by atoms with Gasteiger partial charge in [-0.05, 0) is 24.3 Å². The van der Waals surface area contributed by atoms with Gasteiger partial charge in [-0.15, -0.1) is 16.8 Å². The highest BCUT2D eigenvalue weighted by Gasteiger charge is 2.12. The summed E-state index contributed by atoms with van der Waals surface area (Å²) in [4.78, 5) is 1.58. The molecule has 6 heteroatoms. The number of nitrogens with one attached hydrogen (secondary N) is 1. The molecule has 0 radical (unpaired) electrons. The number of furan rings is 1. The maximum atomic E-state index is 5.20. The fourth-order valence-electron chi connectivity index (χ4n) is 1.39. The predicted octanol–water partition coefficient (Wildman–Crippen LogP) is 1.27. The summed E-state index contributed by atoms with van der Waals surface area (Å²) in [5.74, 6) is 1.13. The summed E-state index contributed by atoms with van der Waals surface area (Å²) in [6, 6.07) is 3.73. The van der Waals surface area contributed by atoms with E-state index in [-0.39, 0.29) is 6.04 Å². The average Bonchev–Trinajstić information content (AvgIpc) is 3.00. The van der Waals surface area contributed by atoms with Gasteiger partial charge in [0.25, 0.3) is 0 Å². The van der Waals surface area contributed by atoms with Gasteiger partial charge < -0.3 is 9.73 Å². The average molecular weight is 233 g/mol. The zero-order valence-electron chi connectivity index (χ0n) is 9.71. The maximum Gasteiger partial charge on any atom is 0.240 e. The van der Waals surface area contributed by atoms with Gasteiger partial charge in [-0.3, -0.25) is 0 Å². The lowest BCUT2D eigenvalue weighted by Gasteiger charge is -2.09. The van der Waals surface area contributed by atoms with E-state index in [0.717, 1.165) is 13.1 Å². The van der Waals surface area contributed by atoms with Gasteiger partial charge in [0.05, 0.1) is 12.3 Å². The van der Waals surface area contributed by atoms with Crippen molar-refractivity contribution in [3.05, 3.63) is 31.1 Å². The Morgan fingerprint density at radius 2 is 2.53 bits per heavy atom. The molecule has 2 heterocycles. The fraction of sp³-hybridized carbons (Fsp3) is 0.364. The summed E-state index contributed by atoms with van der Waals surface area (Å²) < 4.78 is 5.20. The lowest BCUT2D eigenvalue weighted by atomic mass is 10.3. The molecule has 90 valence electrons. The van der Waals surface area contributed by atoms with Crippen LogP contribution in [-0.2, 0) is 0 Å². The number of nitrogens with zero attached hydrogens (tertiary/aromatic N) is 4. The summed E-state index contributed by atoms with van der Waals surface area (Å²) in [5, 5.41) is 15.4. The smallest absolute Gasteiger partial charge is 0.240 e. The molecular formula is C11H15N5O. The summed E-state index contributed by atoms with van der Waals surface area (Å²) in [6.07, 6.45) is 3.40. The molecule has 1 N–H and O–H groups in total. The largest absolute Gasteiger partial charge is 0.461 e. The van der Waals surface area contributed by atoms with E-state index in [4.69, 9.17) is 4.42 Å². The predicted molar refractivity (Wildman–Crippen MR) is 63.3 cm³/mol. The Hall–Kier alpha value is -1.95. The van der Waals surface area contributed by atoms with Gasteiger partial charge in [-0.1, -0.05) is 6.08 Å². The van der Waals surface area contributed by atoms with Crippen molar-refractivity contribution < 1.29 is 4.42 Å². The topological polar surface area (TPSA) is 68.8 Å². The first-order valence-electron chi connectivity index (χ1n) is 5.46. The Morgan fingerprint density at radius 3 is 3.24 bits per heavy atom. The van der Waals surface area contributed by atoms with Gasteiger partial charge in [-0.25, -0.2) is 0 Å². The molecule has 2 rings (SSSR count). The summed E-state index contributed by atoms with van der Waals surface area (Å²) in [5.41, 5.74) is 0. The van der Waals surface area contributed by atoms with E-state index in [1.807, 2.05) is 19.1 Å². The third-order valence-electron chi connectivity index (χ3n) is 2.29. The monoisotopic (exact) mass is 233 g/mol. The van der Waals surface area contributed by atoms with Gasteiger partial charge in [-0.2, -0.15) is 4.80 Å². The molecule has 2 aromatic heterocycles. The molecule has 2 aromatic rings. The van der Waals surface area contributed by atoms with Crippen LogP contribution in [0, 0.1) is 0 Å². The highest BCUT2D eigenvalue weighted by atomic mass is 16.3. The molecule has 0 bridgehead atoms. The Kier molecular flexibility index (Phi) is 3.66. The molecule has 0 fully saturated rings. The third-order valence-corrected chi connectivity index (χ3v) is 2.29. The molecular weight excluding hydrogens is 218 g/mol. The number of hydrogen-bond acceptors (Lipinski definition) is 5. The molecule has 0 aliphatic rings. The first-order valence-corrected chi connectivity index (χ1v) is 5.46. The second-order valence-electron chi connectivity index (χ2n) is 3.71. The van der Waals surface area contributed by atoms with E-state index in [9.17, 15) is 0 Å². The minimum absolute atomic E-state index is 0.131. The standard InChI is InChI=1S/C11H15N5O/c1-3-6-12-8-9(2)16-14-11(13-15-16)10-5-4-7-17-10/h3-5,7,9,12H,1,6,8H2,2H3. The van der Waals surface area contributed by atoms with Crippen molar-refractivity contribution in [2.45, 2.75) is 13.0 Å². The van der Waals surface area contributed by atoms with Crippen LogP contribution >= 0.6 is 0 Å². The molecule has 0 saturated heterocycles. The first kappa shape index (κ1) is 11.5. The Balaban J connectivity index is 2.00. The zero-order chi connectivity index (χ0) is 12.1. The highest BCUT2D eigenvalue weighted by Crippen LogP contribution is 2.14. The molecule has 17 heavy (non-hydrogen) atoms. The van der Waals surface area contributed by atoms with Crippen LogP contribution in [0.5, 0.6) is 0 Å². The van der Waals surface area contributed by atoms with Crippen LogP contribution in [0.15, 0.2) is 35.5 Å². The normalized spacial score (nSPS) is 12.5.